The molecule has 0 spiro atoms. The number of aromatic amines is 1. The Morgan fingerprint density at radius 1 is 1.21 bits per heavy atom. The van der Waals surface area contributed by atoms with Crippen molar-refractivity contribution in [1.82, 2.24) is 15.5 Å². The van der Waals surface area contributed by atoms with Crippen LogP contribution in [0.4, 0.5) is 5.69 Å². The molecule has 0 fully saturated rings. The predicted molar refractivity (Wildman–Crippen MR) is 93.8 cm³/mol. The number of carbonyl (C=O) groups is 2. The molecule has 1 aromatic carbocycles. The lowest BCUT2D eigenvalue weighted by Crippen LogP contribution is -2.36. The summed E-state index contributed by atoms with van der Waals surface area (Å²) in [5, 5.41) is 12.6. The van der Waals surface area contributed by atoms with Gasteiger partial charge in [-0.25, -0.2) is 0 Å². The molecule has 128 valence electrons. The van der Waals surface area contributed by atoms with Crippen LogP contribution in [0.1, 0.15) is 35.9 Å². The summed E-state index contributed by atoms with van der Waals surface area (Å²) < 4.78 is 0. The van der Waals surface area contributed by atoms with Gasteiger partial charge in [0, 0.05) is 23.8 Å². The van der Waals surface area contributed by atoms with Crippen LogP contribution in [-0.2, 0) is 16.0 Å². The van der Waals surface area contributed by atoms with E-state index in [1.807, 2.05) is 52.0 Å². The van der Waals surface area contributed by atoms with Gasteiger partial charge in [0.2, 0.25) is 11.8 Å². The summed E-state index contributed by atoms with van der Waals surface area (Å²) in [4.78, 5) is 24.0. The molecule has 0 radical (unpaired) electrons. The first kappa shape index (κ1) is 17.7. The molecule has 1 aromatic heterocycles. The normalized spacial score (nSPS) is 11.8. The van der Waals surface area contributed by atoms with E-state index in [1.54, 1.807) is 0 Å². The molecule has 0 aliphatic heterocycles. The van der Waals surface area contributed by atoms with Crippen LogP contribution in [0, 0.1) is 20.8 Å². The number of nitrogens with one attached hydrogen (secondary N) is 3. The lowest BCUT2D eigenvalue weighted by Gasteiger charge is -2.13. The van der Waals surface area contributed by atoms with E-state index in [1.165, 1.54) is 0 Å². The molecule has 2 aromatic rings. The number of nitrogens with zero attached hydrogens (tertiary/aromatic N) is 1. The average molecular weight is 328 g/mol. The highest BCUT2D eigenvalue weighted by molar-refractivity contribution is 6.03. The molecule has 1 heterocycles. The van der Waals surface area contributed by atoms with Gasteiger partial charge in [-0.3, -0.25) is 14.7 Å². The second-order valence-electron chi connectivity index (χ2n) is 6.19. The van der Waals surface area contributed by atoms with E-state index >= 15 is 0 Å². The number of hydrogen-bond acceptors (Lipinski definition) is 3. The van der Waals surface area contributed by atoms with Crippen molar-refractivity contribution in [3.05, 3.63) is 46.8 Å². The quantitative estimate of drug-likeness (QED) is 0.712. The highest BCUT2D eigenvalue weighted by atomic mass is 16.2. The molecule has 0 saturated carbocycles. The number of aromatic nitrogens is 2. The third-order valence-electron chi connectivity index (χ3n) is 3.88. The Labute approximate surface area is 142 Å². The molecule has 2 rings (SSSR count). The van der Waals surface area contributed by atoms with Gasteiger partial charge in [0.1, 0.15) is 6.42 Å². The fourth-order valence-electron chi connectivity index (χ4n) is 2.50. The first-order chi connectivity index (χ1) is 11.3. The Kier molecular flexibility index (Phi) is 5.73. The maximum atomic E-state index is 12.0. The Hall–Kier alpha value is -2.63. The second kappa shape index (κ2) is 7.77. The van der Waals surface area contributed by atoms with Crippen molar-refractivity contribution in [1.29, 1.82) is 0 Å². The topological polar surface area (TPSA) is 86.9 Å². The number of carbonyl (C=O) groups excluding carboxylic acids is 2. The third kappa shape index (κ3) is 4.94. The van der Waals surface area contributed by atoms with Crippen LogP contribution in [0.5, 0.6) is 0 Å². The van der Waals surface area contributed by atoms with E-state index in [2.05, 4.69) is 20.8 Å². The fraction of sp³-hybridized carbons (Fsp3) is 0.389. The lowest BCUT2D eigenvalue weighted by atomic mass is 10.1. The standard InChI is InChI=1S/C18H24N4O2/c1-11-6-5-7-16(14(11)4)20-18(24)10-17(23)19-12(2)8-15-9-13(3)21-22-15/h5-7,9,12H,8,10H2,1-4H3,(H,19,23)(H,20,24)(H,21,22). The maximum Gasteiger partial charge on any atom is 0.233 e. The van der Waals surface area contributed by atoms with Crippen molar-refractivity contribution >= 4 is 17.5 Å². The van der Waals surface area contributed by atoms with Gasteiger partial charge in [-0.1, -0.05) is 12.1 Å². The van der Waals surface area contributed by atoms with E-state index in [-0.39, 0.29) is 24.3 Å². The minimum Gasteiger partial charge on any atom is -0.353 e. The summed E-state index contributed by atoms with van der Waals surface area (Å²) in [6.45, 7) is 7.75. The molecular weight excluding hydrogens is 304 g/mol. The average Bonchev–Trinajstić information content (AvgIpc) is 2.88. The Balaban J connectivity index is 1.83. The van der Waals surface area contributed by atoms with Gasteiger partial charge in [-0.15, -0.1) is 0 Å². The van der Waals surface area contributed by atoms with Crippen LogP contribution in [0.3, 0.4) is 0 Å². The summed E-state index contributed by atoms with van der Waals surface area (Å²) in [5.74, 6) is -0.610. The summed E-state index contributed by atoms with van der Waals surface area (Å²) >= 11 is 0. The molecule has 1 unspecified atom stereocenters. The highest BCUT2D eigenvalue weighted by Crippen LogP contribution is 2.18. The highest BCUT2D eigenvalue weighted by Gasteiger charge is 2.14. The van der Waals surface area contributed by atoms with Crippen LogP contribution in [0.15, 0.2) is 24.3 Å². The SMILES string of the molecule is Cc1cc(CC(C)NC(=O)CC(=O)Nc2cccc(C)c2C)n[nH]1. The molecule has 6 nitrogen and oxygen atoms in total. The van der Waals surface area contributed by atoms with Gasteiger partial charge in [-0.2, -0.15) is 5.10 Å². The van der Waals surface area contributed by atoms with Gasteiger partial charge in [0.15, 0.2) is 0 Å². The summed E-state index contributed by atoms with van der Waals surface area (Å²) in [6, 6.07) is 7.55. The Morgan fingerprint density at radius 2 is 1.96 bits per heavy atom. The minimum absolute atomic E-state index is 0.0892. The third-order valence-corrected chi connectivity index (χ3v) is 3.88. The summed E-state index contributed by atoms with van der Waals surface area (Å²) in [5.41, 5.74) is 4.72. The number of H-pyrrole nitrogens is 1. The summed E-state index contributed by atoms with van der Waals surface area (Å²) in [6.07, 6.45) is 0.423. The largest absolute Gasteiger partial charge is 0.353 e. The van der Waals surface area contributed by atoms with Gasteiger partial charge in [0.25, 0.3) is 0 Å². The van der Waals surface area contributed by atoms with Crippen molar-refractivity contribution in [3.63, 3.8) is 0 Å². The summed E-state index contributed by atoms with van der Waals surface area (Å²) in [7, 11) is 0. The van der Waals surface area contributed by atoms with Crippen LogP contribution in [0.2, 0.25) is 0 Å². The van der Waals surface area contributed by atoms with Crippen molar-refractivity contribution in [2.75, 3.05) is 5.32 Å². The zero-order chi connectivity index (χ0) is 17.7. The number of hydrogen-bond donors (Lipinski definition) is 3. The van der Waals surface area contributed by atoms with Crippen molar-refractivity contribution in [3.8, 4) is 0 Å². The minimum atomic E-state index is -0.316. The fourth-order valence-corrected chi connectivity index (χ4v) is 2.50. The lowest BCUT2D eigenvalue weighted by molar-refractivity contribution is -0.127. The smallest absolute Gasteiger partial charge is 0.233 e. The monoisotopic (exact) mass is 328 g/mol. The molecule has 0 aliphatic rings. The van der Waals surface area contributed by atoms with E-state index in [9.17, 15) is 9.59 Å². The van der Waals surface area contributed by atoms with Crippen molar-refractivity contribution in [2.45, 2.75) is 46.6 Å². The van der Waals surface area contributed by atoms with Gasteiger partial charge < -0.3 is 10.6 Å². The molecule has 6 heteroatoms. The zero-order valence-corrected chi connectivity index (χ0v) is 14.6. The molecule has 24 heavy (non-hydrogen) atoms. The predicted octanol–water partition coefficient (Wildman–Crippen LogP) is 2.41. The number of aryl methyl sites for hydroxylation is 2. The second-order valence-corrected chi connectivity index (χ2v) is 6.19. The van der Waals surface area contributed by atoms with Gasteiger partial charge in [0.05, 0.1) is 5.69 Å². The molecule has 1 atom stereocenters. The number of anilines is 1. The first-order valence-electron chi connectivity index (χ1n) is 8.01. The van der Waals surface area contributed by atoms with E-state index in [0.29, 0.717) is 6.42 Å². The van der Waals surface area contributed by atoms with Gasteiger partial charge in [-0.05, 0) is 51.0 Å². The van der Waals surface area contributed by atoms with E-state index < -0.39 is 0 Å². The number of amides is 2. The molecule has 3 N–H and O–H groups in total. The van der Waals surface area contributed by atoms with Crippen LogP contribution in [0.25, 0.3) is 0 Å². The zero-order valence-electron chi connectivity index (χ0n) is 14.6. The van der Waals surface area contributed by atoms with Crippen molar-refractivity contribution in [2.24, 2.45) is 0 Å². The van der Waals surface area contributed by atoms with Crippen LogP contribution in [-0.4, -0.2) is 28.1 Å². The van der Waals surface area contributed by atoms with Gasteiger partial charge >= 0.3 is 0 Å². The number of rotatable bonds is 6. The van der Waals surface area contributed by atoms with Crippen molar-refractivity contribution < 1.29 is 9.59 Å². The molecule has 0 bridgehead atoms. The van der Waals surface area contributed by atoms with Crippen LogP contribution < -0.4 is 10.6 Å². The molecule has 2 amide bonds. The molecule has 0 aliphatic carbocycles. The first-order valence-corrected chi connectivity index (χ1v) is 8.01. The van der Waals surface area contributed by atoms with E-state index in [0.717, 1.165) is 28.2 Å². The Morgan fingerprint density at radius 3 is 2.62 bits per heavy atom. The Bertz CT molecular complexity index is 736. The maximum absolute atomic E-state index is 12.0. The number of benzene rings is 1. The molecular formula is C18H24N4O2. The molecule has 0 saturated heterocycles. The van der Waals surface area contributed by atoms with Crippen LogP contribution >= 0.6 is 0 Å². The van der Waals surface area contributed by atoms with E-state index in [4.69, 9.17) is 0 Å².